The molecule has 0 amide bonds. The molecule has 1 aliphatic rings. The second kappa shape index (κ2) is 2.88. The predicted octanol–water partition coefficient (Wildman–Crippen LogP) is 1.82. The highest BCUT2D eigenvalue weighted by atomic mass is 15.3. The van der Waals surface area contributed by atoms with Crippen LogP contribution in [0.5, 0.6) is 0 Å². The summed E-state index contributed by atoms with van der Waals surface area (Å²) in [6.07, 6.45) is 3.24. The van der Waals surface area contributed by atoms with Crippen LogP contribution in [0.25, 0.3) is 0 Å². The topological polar surface area (TPSA) is 41.6 Å². The van der Waals surface area contributed by atoms with Gasteiger partial charge in [-0.2, -0.15) is 10.4 Å². The minimum Gasteiger partial charge on any atom is -0.252 e. The number of hydrogen-bond donors (Lipinski definition) is 0. The maximum atomic E-state index is 9.01. The number of aryl methyl sites for hydroxylation is 1. The smallest absolute Gasteiger partial charge is 0.142 e. The van der Waals surface area contributed by atoms with Gasteiger partial charge in [0, 0.05) is 11.6 Å². The maximum absolute atomic E-state index is 9.01. The highest BCUT2D eigenvalue weighted by molar-refractivity contribution is 5.38. The number of rotatable bonds is 1. The molecular formula is C10H13N3. The third-order valence-corrected chi connectivity index (χ3v) is 2.53. The van der Waals surface area contributed by atoms with E-state index in [9.17, 15) is 0 Å². The first kappa shape index (κ1) is 8.31. The molecule has 1 heterocycles. The molecule has 0 unspecified atom stereocenters. The lowest BCUT2D eigenvalue weighted by Gasteiger charge is -2.06. The van der Waals surface area contributed by atoms with Crippen LogP contribution in [0, 0.1) is 11.3 Å². The average molecular weight is 175 g/mol. The van der Waals surface area contributed by atoms with Gasteiger partial charge in [-0.3, -0.25) is 4.68 Å². The Morgan fingerprint density at radius 3 is 2.85 bits per heavy atom. The third-order valence-electron chi connectivity index (χ3n) is 2.53. The van der Waals surface area contributed by atoms with Crippen LogP contribution >= 0.6 is 0 Å². The van der Waals surface area contributed by atoms with Gasteiger partial charge in [0.25, 0.3) is 0 Å². The summed E-state index contributed by atoms with van der Waals surface area (Å²) in [6.45, 7) is 4.12. The van der Waals surface area contributed by atoms with Crippen molar-refractivity contribution in [3.63, 3.8) is 0 Å². The van der Waals surface area contributed by atoms with E-state index in [1.54, 1.807) is 0 Å². The number of hydrogen-bond acceptors (Lipinski definition) is 2. The van der Waals surface area contributed by atoms with Crippen molar-refractivity contribution < 1.29 is 0 Å². The van der Waals surface area contributed by atoms with Crippen LogP contribution in [0.2, 0.25) is 0 Å². The Kier molecular flexibility index (Phi) is 1.84. The Morgan fingerprint density at radius 1 is 1.46 bits per heavy atom. The lowest BCUT2D eigenvalue weighted by atomic mass is 10.2. The fraction of sp³-hybridized carbons (Fsp3) is 0.600. The van der Waals surface area contributed by atoms with Crippen LogP contribution in [0.15, 0.2) is 0 Å². The summed E-state index contributed by atoms with van der Waals surface area (Å²) < 4.78 is 1.85. The van der Waals surface area contributed by atoms with Crippen LogP contribution in [-0.4, -0.2) is 9.78 Å². The molecule has 0 spiro atoms. The monoisotopic (exact) mass is 175 g/mol. The Bertz CT molecular complexity index is 368. The Hall–Kier alpha value is -1.30. The molecule has 1 aliphatic carbocycles. The zero-order valence-corrected chi connectivity index (χ0v) is 8.04. The molecule has 13 heavy (non-hydrogen) atoms. The number of fused-ring (bicyclic) bond motifs is 1. The minimum atomic E-state index is 0.292. The second-order valence-electron chi connectivity index (χ2n) is 3.78. The molecule has 3 heteroatoms. The van der Waals surface area contributed by atoms with E-state index in [4.69, 9.17) is 5.26 Å². The first-order valence-corrected chi connectivity index (χ1v) is 4.74. The van der Waals surface area contributed by atoms with E-state index in [2.05, 4.69) is 25.0 Å². The maximum Gasteiger partial charge on any atom is 0.142 e. The van der Waals surface area contributed by atoms with Gasteiger partial charge in [0.2, 0.25) is 0 Å². The molecule has 0 aliphatic heterocycles. The molecule has 1 aromatic heterocycles. The first-order chi connectivity index (χ1) is 6.24. The Balaban J connectivity index is 2.55. The van der Waals surface area contributed by atoms with E-state index in [0.29, 0.717) is 6.04 Å². The fourth-order valence-electron chi connectivity index (χ4n) is 1.90. The van der Waals surface area contributed by atoms with Crippen molar-refractivity contribution >= 4 is 0 Å². The van der Waals surface area contributed by atoms with Gasteiger partial charge in [-0.05, 0) is 33.1 Å². The SMILES string of the molecule is CC(C)n1nc2c(c1C#N)CCC2. The van der Waals surface area contributed by atoms with E-state index in [1.165, 1.54) is 5.56 Å². The zero-order chi connectivity index (χ0) is 9.42. The van der Waals surface area contributed by atoms with Gasteiger partial charge < -0.3 is 0 Å². The summed E-state index contributed by atoms with van der Waals surface area (Å²) in [4.78, 5) is 0. The van der Waals surface area contributed by atoms with Crippen molar-refractivity contribution in [3.8, 4) is 6.07 Å². The van der Waals surface area contributed by atoms with Crippen molar-refractivity contribution in [2.75, 3.05) is 0 Å². The average Bonchev–Trinajstić information content (AvgIpc) is 2.60. The molecule has 0 saturated carbocycles. The molecular weight excluding hydrogens is 162 g/mol. The molecule has 3 nitrogen and oxygen atoms in total. The summed E-state index contributed by atoms with van der Waals surface area (Å²) in [7, 11) is 0. The molecule has 1 aromatic rings. The van der Waals surface area contributed by atoms with Crippen LogP contribution in [-0.2, 0) is 12.8 Å². The summed E-state index contributed by atoms with van der Waals surface area (Å²) in [5.74, 6) is 0. The molecule has 0 radical (unpaired) electrons. The molecule has 0 bridgehead atoms. The standard InChI is InChI=1S/C10H13N3/c1-7(2)13-10(6-11)8-4-3-5-9(8)12-13/h7H,3-5H2,1-2H3. The number of aromatic nitrogens is 2. The van der Waals surface area contributed by atoms with Crippen LogP contribution < -0.4 is 0 Å². The quantitative estimate of drug-likeness (QED) is 0.653. The van der Waals surface area contributed by atoms with Crippen LogP contribution in [0.4, 0.5) is 0 Å². The molecule has 0 saturated heterocycles. The molecule has 0 N–H and O–H groups in total. The molecule has 68 valence electrons. The third kappa shape index (κ3) is 1.14. The summed E-state index contributed by atoms with van der Waals surface area (Å²) in [6, 6.07) is 2.55. The van der Waals surface area contributed by atoms with Crippen molar-refractivity contribution in [1.29, 1.82) is 5.26 Å². The molecule has 0 atom stereocenters. The highest BCUT2D eigenvalue weighted by Crippen LogP contribution is 2.25. The first-order valence-electron chi connectivity index (χ1n) is 4.74. The van der Waals surface area contributed by atoms with Crippen molar-refractivity contribution in [2.24, 2.45) is 0 Å². The van der Waals surface area contributed by atoms with Crippen LogP contribution in [0.1, 0.15) is 43.3 Å². The molecule has 0 fully saturated rings. The molecule has 2 rings (SSSR count). The summed E-state index contributed by atoms with van der Waals surface area (Å²) >= 11 is 0. The summed E-state index contributed by atoms with van der Waals surface area (Å²) in [5.41, 5.74) is 3.11. The highest BCUT2D eigenvalue weighted by Gasteiger charge is 2.22. The van der Waals surface area contributed by atoms with E-state index < -0.39 is 0 Å². The van der Waals surface area contributed by atoms with Crippen molar-refractivity contribution in [1.82, 2.24) is 9.78 Å². The van der Waals surface area contributed by atoms with Gasteiger partial charge in [0.15, 0.2) is 0 Å². The fourth-order valence-corrected chi connectivity index (χ4v) is 1.90. The lowest BCUT2D eigenvalue weighted by Crippen LogP contribution is -2.06. The van der Waals surface area contributed by atoms with Crippen LogP contribution in [0.3, 0.4) is 0 Å². The van der Waals surface area contributed by atoms with E-state index in [-0.39, 0.29) is 0 Å². The normalized spacial score (nSPS) is 14.6. The molecule has 0 aromatic carbocycles. The van der Waals surface area contributed by atoms with E-state index in [1.807, 2.05) is 4.68 Å². The largest absolute Gasteiger partial charge is 0.252 e. The predicted molar refractivity (Wildman–Crippen MR) is 49.4 cm³/mol. The van der Waals surface area contributed by atoms with E-state index in [0.717, 1.165) is 30.7 Å². The van der Waals surface area contributed by atoms with Gasteiger partial charge in [-0.25, -0.2) is 0 Å². The van der Waals surface area contributed by atoms with Crippen molar-refractivity contribution in [3.05, 3.63) is 17.0 Å². The summed E-state index contributed by atoms with van der Waals surface area (Å²) in [5, 5.41) is 13.5. The van der Waals surface area contributed by atoms with Gasteiger partial charge >= 0.3 is 0 Å². The lowest BCUT2D eigenvalue weighted by molar-refractivity contribution is 0.518. The van der Waals surface area contributed by atoms with Gasteiger partial charge in [-0.15, -0.1) is 0 Å². The zero-order valence-electron chi connectivity index (χ0n) is 8.04. The number of nitriles is 1. The van der Waals surface area contributed by atoms with Gasteiger partial charge in [0.1, 0.15) is 11.8 Å². The minimum absolute atomic E-state index is 0.292. The van der Waals surface area contributed by atoms with Gasteiger partial charge in [0.05, 0.1) is 5.69 Å². The Labute approximate surface area is 78.0 Å². The number of nitrogens with zero attached hydrogens (tertiary/aromatic N) is 3. The van der Waals surface area contributed by atoms with Gasteiger partial charge in [-0.1, -0.05) is 0 Å². The second-order valence-corrected chi connectivity index (χ2v) is 3.78. The van der Waals surface area contributed by atoms with E-state index >= 15 is 0 Å². The van der Waals surface area contributed by atoms with Crippen molar-refractivity contribution in [2.45, 2.75) is 39.2 Å². The Morgan fingerprint density at radius 2 is 2.23 bits per heavy atom.